The normalized spacial score (nSPS) is 11.6. The van der Waals surface area contributed by atoms with Crippen LogP contribution in [0.4, 0.5) is 0 Å². The van der Waals surface area contributed by atoms with Gasteiger partial charge in [0.1, 0.15) is 11.6 Å². The third kappa shape index (κ3) is 7.82. The fourth-order valence-corrected chi connectivity index (χ4v) is 5.93. The molecule has 44 heavy (non-hydrogen) atoms. The average molecular weight is 609 g/mol. The number of aromatic nitrogens is 2. The van der Waals surface area contributed by atoms with E-state index >= 15 is 0 Å². The van der Waals surface area contributed by atoms with Crippen LogP contribution in [-0.2, 0) is 36.2 Å². The number of sulfonamides is 1. The molecule has 5 aromatic rings. The van der Waals surface area contributed by atoms with Crippen LogP contribution in [-0.4, -0.2) is 29.5 Å². The van der Waals surface area contributed by atoms with Gasteiger partial charge < -0.3 is 9.30 Å². The highest BCUT2D eigenvalue weighted by Gasteiger charge is 2.22. The highest BCUT2D eigenvalue weighted by atomic mass is 32.2. The van der Waals surface area contributed by atoms with Crippen LogP contribution in [0.15, 0.2) is 114 Å². The van der Waals surface area contributed by atoms with Gasteiger partial charge in [-0.3, -0.25) is 4.90 Å². The molecule has 7 nitrogen and oxygen atoms in total. The first-order valence-corrected chi connectivity index (χ1v) is 16.7. The largest absolute Gasteiger partial charge is 0.494 e. The minimum Gasteiger partial charge on any atom is -0.494 e. The maximum Gasteiger partial charge on any atom is 0.238 e. The van der Waals surface area contributed by atoms with Crippen molar-refractivity contribution >= 4 is 10.0 Å². The fraction of sp³-hybridized carbons (Fsp3) is 0.250. The Balaban J connectivity index is 1.60. The zero-order valence-electron chi connectivity index (χ0n) is 25.4. The molecule has 0 unspecified atom stereocenters. The van der Waals surface area contributed by atoms with Crippen LogP contribution in [0, 0.1) is 0 Å². The lowest BCUT2D eigenvalue weighted by molar-refractivity contribution is 0.240. The molecule has 1 heterocycles. The Morgan fingerprint density at radius 2 is 1.43 bits per heavy atom. The van der Waals surface area contributed by atoms with Crippen molar-refractivity contribution in [1.29, 1.82) is 0 Å². The van der Waals surface area contributed by atoms with E-state index in [1.165, 1.54) is 0 Å². The van der Waals surface area contributed by atoms with Crippen LogP contribution < -0.4 is 9.88 Å². The molecule has 228 valence electrons. The summed E-state index contributed by atoms with van der Waals surface area (Å²) >= 11 is 0. The molecule has 0 saturated heterocycles. The first-order valence-electron chi connectivity index (χ1n) is 15.1. The molecule has 0 saturated carbocycles. The number of nitrogens with zero attached hydrogens (tertiary/aromatic N) is 3. The number of rotatable bonds is 14. The summed E-state index contributed by atoms with van der Waals surface area (Å²) in [4.78, 5) is 7.76. The molecule has 0 aliphatic rings. The van der Waals surface area contributed by atoms with Crippen LogP contribution in [0.1, 0.15) is 43.5 Å². The standard InChI is InChI=1S/C36H40N4O3S/c1-3-5-23-40-34(35(30-14-8-6-9-15-30)38-36(40)31-16-10-7-11-17-31)27-39(26-29-13-12-18-32(24-29)43-4-2)25-28-19-21-33(22-20-28)44(37,41)42/h6-22,24H,3-5,23,25-27H2,1-2H3,(H2,37,41,42). The van der Waals surface area contributed by atoms with Gasteiger partial charge in [0.05, 0.1) is 22.9 Å². The molecule has 5 rings (SSSR count). The van der Waals surface area contributed by atoms with E-state index in [0.29, 0.717) is 26.2 Å². The summed E-state index contributed by atoms with van der Waals surface area (Å²) in [6.45, 7) is 7.53. The quantitative estimate of drug-likeness (QED) is 0.143. The van der Waals surface area contributed by atoms with Crippen LogP contribution >= 0.6 is 0 Å². The Kier molecular flexibility index (Phi) is 10.3. The maximum absolute atomic E-state index is 11.9. The average Bonchev–Trinajstić information content (AvgIpc) is 3.38. The second kappa shape index (κ2) is 14.5. The second-order valence-corrected chi connectivity index (χ2v) is 12.4. The van der Waals surface area contributed by atoms with Gasteiger partial charge in [-0.1, -0.05) is 98.3 Å². The van der Waals surface area contributed by atoms with Crippen molar-refractivity contribution in [3.05, 3.63) is 126 Å². The molecule has 0 atom stereocenters. The minimum atomic E-state index is -3.77. The van der Waals surface area contributed by atoms with E-state index in [1.807, 2.05) is 43.3 Å². The number of imidazole rings is 1. The van der Waals surface area contributed by atoms with Gasteiger partial charge in [-0.2, -0.15) is 0 Å². The van der Waals surface area contributed by atoms with Gasteiger partial charge in [0.15, 0.2) is 0 Å². The number of unbranched alkanes of at least 4 members (excludes halogenated alkanes) is 1. The SMILES string of the molecule is CCCCn1c(-c2ccccc2)nc(-c2ccccc2)c1CN(Cc1ccc(S(N)(=O)=O)cc1)Cc1cccc(OCC)c1. The van der Waals surface area contributed by atoms with E-state index in [-0.39, 0.29) is 4.90 Å². The predicted octanol–water partition coefficient (Wildman–Crippen LogP) is 7.27. The van der Waals surface area contributed by atoms with Crippen molar-refractivity contribution in [2.45, 2.75) is 57.8 Å². The molecule has 0 fully saturated rings. The number of hydrogen-bond donors (Lipinski definition) is 1. The lowest BCUT2D eigenvalue weighted by Crippen LogP contribution is -2.25. The van der Waals surface area contributed by atoms with E-state index in [2.05, 4.69) is 77.1 Å². The Hall–Kier alpha value is -4.24. The second-order valence-electron chi connectivity index (χ2n) is 10.9. The topological polar surface area (TPSA) is 90.5 Å². The molecule has 2 N–H and O–H groups in total. The van der Waals surface area contributed by atoms with E-state index in [1.54, 1.807) is 12.1 Å². The van der Waals surface area contributed by atoms with Crippen molar-refractivity contribution in [2.24, 2.45) is 5.14 Å². The smallest absolute Gasteiger partial charge is 0.238 e. The summed E-state index contributed by atoms with van der Waals surface area (Å²) in [6.07, 6.45) is 2.10. The Bertz CT molecular complexity index is 1750. The monoisotopic (exact) mass is 608 g/mol. The van der Waals surface area contributed by atoms with Gasteiger partial charge in [0, 0.05) is 37.3 Å². The molecule has 0 aliphatic heterocycles. The molecule has 0 bridgehead atoms. The summed E-state index contributed by atoms with van der Waals surface area (Å²) in [7, 11) is -3.77. The van der Waals surface area contributed by atoms with Gasteiger partial charge in [0.25, 0.3) is 0 Å². The zero-order chi connectivity index (χ0) is 30.9. The molecule has 8 heteroatoms. The lowest BCUT2D eigenvalue weighted by Gasteiger charge is -2.25. The molecule has 0 spiro atoms. The van der Waals surface area contributed by atoms with E-state index in [9.17, 15) is 8.42 Å². The van der Waals surface area contributed by atoms with Crippen LogP contribution in [0.3, 0.4) is 0 Å². The van der Waals surface area contributed by atoms with Gasteiger partial charge >= 0.3 is 0 Å². The number of primary sulfonamides is 1. The van der Waals surface area contributed by atoms with Crippen LogP contribution in [0.5, 0.6) is 5.75 Å². The van der Waals surface area contributed by atoms with Crippen molar-refractivity contribution in [3.8, 4) is 28.4 Å². The summed E-state index contributed by atoms with van der Waals surface area (Å²) in [5.41, 5.74) is 6.39. The van der Waals surface area contributed by atoms with Crippen LogP contribution in [0.25, 0.3) is 22.6 Å². The molecule has 0 aliphatic carbocycles. The van der Waals surface area contributed by atoms with Gasteiger partial charge in [-0.05, 0) is 48.7 Å². The highest BCUT2D eigenvalue weighted by Crippen LogP contribution is 2.32. The third-order valence-electron chi connectivity index (χ3n) is 7.53. The van der Waals surface area contributed by atoms with Gasteiger partial charge in [-0.25, -0.2) is 18.5 Å². The van der Waals surface area contributed by atoms with E-state index in [0.717, 1.165) is 64.6 Å². The van der Waals surface area contributed by atoms with Crippen molar-refractivity contribution < 1.29 is 13.2 Å². The Morgan fingerprint density at radius 1 is 0.773 bits per heavy atom. The molecule has 4 aromatic carbocycles. The third-order valence-corrected chi connectivity index (χ3v) is 8.46. The molecule has 0 radical (unpaired) electrons. The molecule has 1 aromatic heterocycles. The maximum atomic E-state index is 11.9. The molecular formula is C36H40N4O3S. The fourth-order valence-electron chi connectivity index (χ4n) is 5.42. The summed E-state index contributed by atoms with van der Waals surface area (Å²) in [5.74, 6) is 1.80. The van der Waals surface area contributed by atoms with Crippen LogP contribution in [0.2, 0.25) is 0 Å². The first kappa shape index (κ1) is 31.2. The van der Waals surface area contributed by atoms with Crippen molar-refractivity contribution in [1.82, 2.24) is 14.5 Å². The highest BCUT2D eigenvalue weighted by molar-refractivity contribution is 7.89. The summed E-state index contributed by atoms with van der Waals surface area (Å²) in [5, 5.41) is 5.37. The lowest BCUT2D eigenvalue weighted by atomic mass is 10.1. The summed E-state index contributed by atoms with van der Waals surface area (Å²) < 4.78 is 32.0. The predicted molar refractivity (Wildman–Crippen MR) is 176 cm³/mol. The van der Waals surface area contributed by atoms with E-state index < -0.39 is 10.0 Å². The number of nitrogens with two attached hydrogens (primary N) is 1. The molecule has 0 amide bonds. The van der Waals surface area contributed by atoms with E-state index in [4.69, 9.17) is 14.9 Å². The Labute approximate surface area is 261 Å². The van der Waals surface area contributed by atoms with Crippen molar-refractivity contribution in [3.63, 3.8) is 0 Å². The van der Waals surface area contributed by atoms with Gasteiger partial charge in [0.2, 0.25) is 10.0 Å². The zero-order valence-corrected chi connectivity index (χ0v) is 26.2. The number of benzene rings is 4. The Morgan fingerprint density at radius 3 is 2.07 bits per heavy atom. The molecular weight excluding hydrogens is 568 g/mol. The number of hydrogen-bond acceptors (Lipinski definition) is 5. The number of ether oxygens (including phenoxy) is 1. The van der Waals surface area contributed by atoms with Gasteiger partial charge in [-0.15, -0.1) is 0 Å². The minimum absolute atomic E-state index is 0.105. The first-order chi connectivity index (χ1) is 21.4. The summed E-state index contributed by atoms with van der Waals surface area (Å²) in [6, 6.07) is 35.8. The van der Waals surface area contributed by atoms with Crippen molar-refractivity contribution in [2.75, 3.05) is 6.61 Å².